The topological polar surface area (TPSA) is 28.6 Å². The van der Waals surface area contributed by atoms with Crippen LogP contribution in [0.25, 0.3) is 10.9 Å². The van der Waals surface area contributed by atoms with E-state index in [1.807, 2.05) is 12.1 Å². The van der Waals surface area contributed by atoms with Gasteiger partial charge in [-0.25, -0.2) is 9.37 Å². The third kappa shape index (κ3) is 3.41. The van der Waals surface area contributed by atoms with E-state index >= 15 is 0 Å². The van der Waals surface area contributed by atoms with Gasteiger partial charge in [0.25, 0.3) is 0 Å². The normalized spacial score (nSPS) is 22.4. The van der Waals surface area contributed by atoms with Crippen molar-refractivity contribution < 1.29 is 9.13 Å². The SMILES string of the molecule is Fc1cc2nc(N3CCN(CC4CCOC4)CC3)ccc2cc1Br. The van der Waals surface area contributed by atoms with E-state index in [4.69, 9.17) is 4.74 Å². The Bertz CT molecular complexity index is 728. The summed E-state index contributed by atoms with van der Waals surface area (Å²) < 4.78 is 19.7. The summed E-state index contributed by atoms with van der Waals surface area (Å²) in [7, 11) is 0. The average molecular weight is 394 g/mol. The number of aromatic nitrogens is 1. The van der Waals surface area contributed by atoms with Crippen LogP contribution in [0.4, 0.5) is 10.2 Å². The highest BCUT2D eigenvalue weighted by atomic mass is 79.9. The highest BCUT2D eigenvalue weighted by Gasteiger charge is 2.23. The van der Waals surface area contributed by atoms with Crippen molar-refractivity contribution in [2.45, 2.75) is 6.42 Å². The van der Waals surface area contributed by atoms with Gasteiger partial charge < -0.3 is 9.64 Å². The van der Waals surface area contributed by atoms with Gasteiger partial charge in [0.2, 0.25) is 0 Å². The molecule has 4 nitrogen and oxygen atoms in total. The van der Waals surface area contributed by atoms with Gasteiger partial charge in [-0.2, -0.15) is 0 Å². The largest absolute Gasteiger partial charge is 0.381 e. The Balaban J connectivity index is 1.43. The maximum absolute atomic E-state index is 13.8. The number of hydrogen-bond donors (Lipinski definition) is 0. The van der Waals surface area contributed by atoms with Gasteiger partial charge in [-0.3, -0.25) is 4.90 Å². The molecule has 0 radical (unpaired) electrons. The Morgan fingerprint density at radius 1 is 1.21 bits per heavy atom. The summed E-state index contributed by atoms with van der Waals surface area (Å²) in [6, 6.07) is 7.33. The van der Waals surface area contributed by atoms with Gasteiger partial charge in [-0.15, -0.1) is 0 Å². The average Bonchev–Trinajstić information content (AvgIpc) is 3.09. The van der Waals surface area contributed by atoms with Crippen LogP contribution in [-0.2, 0) is 4.74 Å². The molecule has 1 unspecified atom stereocenters. The van der Waals surface area contributed by atoms with Crippen molar-refractivity contribution in [1.29, 1.82) is 0 Å². The molecule has 0 saturated carbocycles. The lowest BCUT2D eigenvalue weighted by Crippen LogP contribution is -2.48. The number of anilines is 1. The summed E-state index contributed by atoms with van der Waals surface area (Å²) in [5, 5.41) is 0.951. The molecule has 2 aliphatic rings. The number of hydrogen-bond acceptors (Lipinski definition) is 4. The standard InChI is InChI=1S/C18H21BrFN3O/c19-15-9-14-1-2-18(21-17(14)10-16(15)20)23-6-4-22(5-7-23)11-13-3-8-24-12-13/h1-2,9-10,13H,3-8,11-12H2. The molecule has 0 aliphatic carbocycles. The van der Waals surface area contributed by atoms with Crippen LogP contribution in [0.5, 0.6) is 0 Å². The molecule has 2 fully saturated rings. The molecule has 0 spiro atoms. The molecule has 1 aromatic heterocycles. The van der Waals surface area contributed by atoms with Gasteiger partial charge >= 0.3 is 0 Å². The quantitative estimate of drug-likeness (QED) is 0.799. The Labute approximate surface area is 149 Å². The van der Waals surface area contributed by atoms with Gasteiger partial charge in [0, 0.05) is 50.8 Å². The molecule has 0 N–H and O–H groups in total. The van der Waals surface area contributed by atoms with E-state index in [0.29, 0.717) is 15.9 Å². The van der Waals surface area contributed by atoms with Crippen molar-refractivity contribution in [1.82, 2.24) is 9.88 Å². The zero-order chi connectivity index (χ0) is 16.5. The van der Waals surface area contributed by atoms with Crippen LogP contribution in [0.3, 0.4) is 0 Å². The summed E-state index contributed by atoms with van der Waals surface area (Å²) in [5.41, 5.74) is 0.707. The first kappa shape index (κ1) is 16.2. The number of benzene rings is 1. The lowest BCUT2D eigenvalue weighted by Gasteiger charge is -2.36. The maximum Gasteiger partial charge on any atom is 0.139 e. The van der Waals surface area contributed by atoms with Crippen molar-refractivity contribution in [2.75, 3.05) is 50.8 Å². The van der Waals surface area contributed by atoms with Crippen molar-refractivity contribution in [2.24, 2.45) is 5.92 Å². The number of fused-ring (bicyclic) bond motifs is 1. The van der Waals surface area contributed by atoms with Crippen LogP contribution in [0.1, 0.15) is 6.42 Å². The predicted octanol–water partition coefficient (Wildman–Crippen LogP) is 3.29. The molecular weight excluding hydrogens is 373 g/mol. The van der Waals surface area contributed by atoms with Gasteiger partial charge in [0.05, 0.1) is 16.6 Å². The third-order valence-corrected chi connectivity index (χ3v) is 5.56. The van der Waals surface area contributed by atoms with Crippen molar-refractivity contribution in [3.05, 3.63) is 34.6 Å². The molecule has 1 aromatic carbocycles. The molecule has 6 heteroatoms. The first-order valence-corrected chi connectivity index (χ1v) is 9.29. The van der Waals surface area contributed by atoms with E-state index in [1.165, 1.54) is 12.5 Å². The highest BCUT2D eigenvalue weighted by molar-refractivity contribution is 9.10. The van der Waals surface area contributed by atoms with Crippen molar-refractivity contribution in [3.63, 3.8) is 0 Å². The summed E-state index contributed by atoms with van der Waals surface area (Å²) in [5.74, 6) is 1.36. The number of pyridine rings is 1. The summed E-state index contributed by atoms with van der Waals surface area (Å²) in [4.78, 5) is 9.47. The van der Waals surface area contributed by atoms with Gasteiger partial charge in [-0.05, 0) is 46.5 Å². The lowest BCUT2D eigenvalue weighted by molar-refractivity contribution is 0.164. The van der Waals surface area contributed by atoms with E-state index in [1.54, 1.807) is 6.07 Å². The molecule has 2 aliphatic heterocycles. The first-order valence-electron chi connectivity index (χ1n) is 8.50. The second-order valence-corrected chi connectivity index (χ2v) is 7.50. The van der Waals surface area contributed by atoms with E-state index in [0.717, 1.165) is 57.1 Å². The molecule has 4 rings (SSSR count). The molecule has 0 amide bonds. The highest BCUT2D eigenvalue weighted by Crippen LogP contribution is 2.25. The molecule has 128 valence electrons. The van der Waals surface area contributed by atoms with Crippen LogP contribution in [0.15, 0.2) is 28.7 Å². The number of piperazine rings is 1. The Morgan fingerprint density at radius 3 is 2.79 bits per heavy atom. The van der Waals surface area contributed by atoms with Crippen LogP contribution >= 0.6 is 15.9 Å². The van der Waals surface area contributed by atoms with Crippen LogP contribution in [0.2, 0.25) is 0 Å². The van der Waals surface area contributed by atoms with Crippen LogP contribution in [0, 0.1) is 11.7 Å². The third-order valence-electron chi connectivity index (χ3n) is 4.95. The molecule has 0 bridgehead atoms. The molecule has 2 saturated heterocycles. The smallest absolute Gasteiger partial charge is 0.139 e. The Hall–Kier alpha value is -1.24. The first-order chi connectivity index (χ1) is 11.7. The lowest BCUT2D eigenvalue weighted by atomic mass is 10.1. The monoisotopic (exact) mass is 393 g/mol. The Kier molecular flexibility index (Phi) is 4.70. The van der Waals surface area contributed by atoms with Crippen LogP contribution in [-0.4, -0.2) is 55.8 Å². The van der Waals surface area contributed by atoms with Crippen LogP contribution < -0.4 is 4.90 Å². The second-order valence-electron chi connectivity index (χ2n) is 6.65. The molecular formula is C18H21BrFN3O. The predicted molar refractivity (Wildman–Crippen MR) is 97.0 cm³/mol. The van der Waals surface area contributed by atoms with E-state index < -0.39 is 0 Å². The second kappa shape index (κ2) is 6.94. The molecule has 2 aromatic rings. The van der Waals surface area contributed by atoms with E-state index in [-0.39, 0.29) is 5.82 Å². The fraction of sp³-hybridized carbons (Fsp3) is 0.500. The van der Waals surface area contributed by atoms with Crippen molar-refractivity contribution >= 4 is 32.7 Å². The number of rotatable bonds is 3. The van der Waals surface area contributed by atoms with Crippen molar-refractivity contribution in [3.8, 4) is 0 Å². The summed E-state index contributed by atoms with van der Waals surface area (Å²) in [6.07, 6.45) is 1.19. The van der Waals surface area contributed by atoms with Gasteiger partial charge in [0.1, 0.15) is 11.6 Å². The Morgan fingerprint density at radius 2 is 2.04 bits per heavy atom. The van der Waals surface area contributed by atoms with E-state index in [2.05, 4.69) is 30.7 Å². The fourth-order valence-electron chi connectivity index (χ4n) is 3.54. The van der Waals surface area contributed by atoms with E-state index in [9.17, 15) is 4.39 Å². The van der Waals surface area contributed by atoms with Gasteiger partial charge in [0.15, 0.2) is 0 Å². The zero-order valence-corrected chi connectivity index (χ0v) is 15.1. The van der Waals surface area contributed by atoms with Gasteiger partial charge in [-0.1, -0.05) is 0 Å². The molecule has 3 heterocycles. The number of halogens is 2. The maximum atomic E-state index is 13.8. The number of ether oxygens (including phenoxy) is 1. The fourth-order valence-corrected chi connectivity index (χ4v) is 3.90. The number of nitrogens with zero attached hydrogens (tertiary/aromatic N) is 3. The summed E-state index contributed by atoms with van der Waals surface area (Å²) in [6.45, 7) is 6.98. The minimum Gasteiger partial charge on any atom is -0.381 e. The minimum absolute atomic E-state index is 0.268. The summed E-state index contributed by atoms with van der Waals surface area (Å²) >= 11 is 3.23. The minimum atomic E-state index is -0.268. The molecule has 1 atom stereocenters. The zero-order valence-electron chi connectivity index (χ0n) is 13.5. The molecule has 24 heavy (non-hydrogen) atoms.